The average Bonchev–Trinajstić information content (AvgIpc) is 3.44. The fourth-order valence-electron chi connectivity index (χ4n) is 4.16. The van der Waals surface area contributed by atoms with Crippen molar-refractivity contribution in [2.75, 3.05) is 18.0 Å². The van der Waals surface area contributed by atoms with Crippen molar-refractivity contribution < 1.29 is 14.3 Å². The molecule has 0 saturated heterocycles. The molecule has 1 aliphatic heterocycles. The van der Waals surface area contributed by atoms with Crippen molar-refractivity contribution in [3.63, 3.8) is 0 Å². The summed E-state index contributed by atoms with van der Waals surface area (Å²) in [6, 6.07) is 22.7. The Balaban J connectivity index is 1.25. The smallest absolute Gasteiger partial charge is 0.409 e. The molecule has 2 amide bonds. The van der Waals surface area contributed by atoms with Crippen LogP contribution in [-0.2, 0) is 12.8 Å². The first-order valence-corrected chi connectivity index (χ1v) is 10.7. The standard InChI is InChI=1S/C26H23N3O3/c30-25(27-15-13-19-17-28-22-10-4-2-8-20(19)22)21-9-3-6-12-24(21)32-26(31)29-16-14-18-7-1-5-11-23(18)29/h1-12,17,28H,13-16H2,(H,27,30). The Kier molecular flexibility index (Phi) is 5.34. The predicted octanol–water partition coefficient (Wildman–Crippen LogP) is 4.70. The first-order chi connectivity index (χ1) is 15.7. The SMILES string of the molecule is O=C(NCCc1c[nH]c2ccccc12)c1ccccc1OC(=O)N1CCc2ccccc21. The lowest BCUT2D eigenvalue weighted by molar-refractivity contribution is 0.0951. The highest BCUT2D eigenvalue weighted by Gasteiger charge is 2.26. The molecular formula is C26H23N3O3. The molecule has 0 spiro atoms. The largest absolute Gasteiger partial charge is 0.419 e. The molecule has 0 radical (unpaired) electrons. The number of aromatic nitrogens is 1. The number of H-pyrrole nitrogens is 1. The maximum atomic E-state index is 12.8. The number of anilines is 1. The summed E-state index contributed by atoms with van der Waals surface area (Å²) in [7, 11) is 0. The summed E-state index contributed by atoms with van der Waals surface area (Å²) in [6.45, 7) is 1.04. The fourth-order valence-corrected chi connectivity index (χ4v) is 4.16. The number of nitrogens with one attached hydrogen (secondary N) is 2. The van der Waals surface area contributed by atoms with Gasteiger partial charge in [0.15, 0.2) is 0 Å². The molecule has 6 heteroatoms. The summed E-state index contributed by atoms with van der Waals surface area (Å²) in [6.07, 6.45) is 2.98. The van der Waals surface area contributed by atoms with Crippen molar-refractivity contribution >= 4 is 28.6 Å². The van der Waals surface area contributed by atoms with E-state index < -0.39 is 6.09 Å². The molecule has 4 aromatic rings. The third-order valence-corrected chi connectivity index (χ3v) is 5.79. The van der Waals surface area contributed by atoms with Gasteiger partial charge in [-0.05, 0) is 48.2 Å². The summed E-state index contributed by atoms with van der Waals surface area (Å²) in [4.78, 5) is 30.5. The van der Waals surface area contributed by atoms with Gasteiger partial charge in [0.2, 0.25) is 0 Å². The van der Waals surface area contributed by atoms with Gasteiger partial charge in [-0.2, -0.15) is 0 Å². The molecule has 0 bridgehead atoms. The van der Waals surface area contributed by atoms with Crippen LogP contribution >= 0.6 is 0 Å². The van der Waals surface area contributed by atoms with Gasteiger partial charge in [-0.1, -0.05) is 48.5 Å². The summed E-state index contributed by atoms with van der Waals surface area (Å²) >= 11 is 0. The van der Waals surface area contributed by atoms with Gasteiger partial charge in [0, 0.05) is 30.2 Å². The van der Waals surface area contributed by atoms with E-state index in [1.807, 2.05) is 48.7 Å². The van der Waals surface area contributed by atoms with Crippen molar-refractivity contribution in [2.24, 2.45) is 0 Å². The predicted molar refractivity (Wildman–Crippen MR) is 124 cm³/mol. The highest BCUT2D eigenvalue weighted by Crippen LogP contribution is 2.29. The van der Waals surface area contributed by atoms with Gasteiger partial charge >= 0.3 is 6.09 Å². The topological polar surface area (TPSA) is 74.4 Å². The van der Waals surface area contributed by atoms with E-state index in [4.69, 9.17) is 4.74 Å². The molecule has 5 rings (SSSR count). The zero-order chi connectivity index (χ0) is 21.9. The molecule has 3 aromatic carbocycles. The number of ether oxygens (including phenoxy) is 1. The molecule has 2 heterocycles. The zero-order valence-electron chi connectivity index (χ0n) is 17.5. The molecule has 1 aliphatic rings. The normalized spacial score (nSPS) is 12.6. The molecule has 0 aliphatic carbocycles. The minimum atomic E-state index is -0.478. The Morgan fingerprint density at radius 1 is 0.969 bits per heavy atom. The van der Waals surface area contributed by atoms with Gasteiger partial charge in [-0.15, -0.1) is 0 Å². The maximum Gasteiger partial charge on any atom is 0.419 e. The molecule has 2 N–H and O–H groups in total. The van der Waals surface area contributed by atoms with Gasteiger partial charge in [0.1, 0.15) is 5.75 Å². The van der Waals surface area contributed by atoms with Crippen LogP contribution in [-0.4, -0.2) is 30.1 Å². The summed E-state index contributed by atoms with van der Waals surface area (Å²) < 4.78 is 5.64. The molecular weight excluding hydrogens is 402 g/mol. The monoisotopic (exact) mass is 425 g/mol. The highest BCUT2D eigenvalue weighted by atomic mass is 16.6. The van der Waals surface area contributed by atoms with E-state index in [0.29, 0.717) is 25.1 Å². The van der Waals surface area contributed by atoms with E-state index >= 15 is 0 Å². The number of amides is 2. The first-order valence-electron chi connectivity index (χ1n) is 10.7. The van der Waals surface area contributed by atoms with Crippen molar-refractivity contribution in [2.45, 2.75) is 12.8 Å². The summed E-state index contributed by atoms with van der Waals surface area (Å²) in [5.74, 6) is -0.0125. The number of rotatable bonds is 5. The van der Waals surface area contributed by atoms with Crippen LogP contribution < -0.4 is 15.0 Å². The molecule has 0 unspecified atom stereocenters. The van der Waals surface area contributed by atoms with E-state index in [0.717, 1.165) is 34.1 Å². The van der Waals surface area contributed by atoms with Crippen LogP contribution in [0.4, 0.5) is 10.5 Å². The summed E-state index contributed by atoms with van der Waals surface area (Å²) in [5.41, 5.74) is 4.54. The minimum absolute atomic E-state index is 0.256. The fraction of sp³-hybridized carbons (Fsp3) is 0.154. The number of hydrogen-bond acceptors (Lipinski definition) is 3. The number of benzene rings is 3. The van der Waals surface area contributed by atoms with Crippen LogP contribution in [0.3, 0.4) is 0 Å². The van der Waals surface area contributed by atoms with Gasteiger partial charge < -0.3 is 15.0 Å². The summed E-state index contributed by atoms with van der Waals surface area (Å²) in [5, 5.41) is 4.10. The molecule has 1 aromatic heterocycles. The lowest BCUT2D eigenvalue weighted by atomic mass is 10.1. The number of carbonyl (C=O) groups excluding carboxylic acids is 2. The minimum Gasteiger partial charge on any atom is -0.409 e. The number of fused-ring (bicyclic) bond motifs is 2. The van der Waals surface area contributed by atoms with Crippen molar-refractivity contribution in [1.82, 2.24) is 10.3 Å². The molecule has 0 saturated carbocycles. The Hall–Kier alpha value is -4.06. The van der Waals surface area contributed by atoms with Gasteiger partial charge in [-0.25, -0.2) is 4.79 Å². The third kappa shape index (κ3) is 3.83. The molecule has 6 nitrogen and oxygen atoms in total. The van der Waals surface area contributed by atoms with Crippen molar-refractivity contribution in [1.29, 1.82) is 0 Å². The zero-order valence-corrected chi connectivity index (χ0v) is 17.5. The van der Waals surface area contributed by atoms with Crippen LogP contribution in [0.5, 0.6) is 5.75 Å². The number of nitrogens with zero attached hydrogens (tertiary/aromatic N) is 1. The second-order valence-corrected chi connectivity index (χ2v) is 7.76. The Morgan fingerprint density at radius 3 is 2.69 bits per heavy atom. The average molecular weight is 425 g/mol. The second kappa shape index (κ2) is 8.59. The van der Waals surface area contributed by atoms with Crippen molar-refractivity contribution in [3.8, 4) is 5.75 Å². The van der Waals surface area contributed by atoms with E-state index in [1.165, 1.54) is 0 Å². The van der Waals surface area contributed by atoms with Gasteiger partial charge in [0.05, 0.1) is 11.3 Å². The van der Waals surface area contributed by atoms with Gasteiger partial charge in [-0.3, -0.25) is 9.69 Å². The lowest BCUT2D eigenvalue weighted by Crippen LogP contribution is -2.33. The highest BCUT2D eigenvalue weighted by molar-refractivity contribution is 5.99. The third-order valence-electron chi connectivity index (χ3n) is 5.79. The number of carbonyl (C=O) groups is 2. The molecule has 160 valence electrons. The first kappa shape index (κ1) is 19.9. The van der Waals surface area contributed by atoms with E-state index in [2.05, 4.69) is 16.4 Å². The Bertz CT molecular complexity index is 1290. The Morgan fingerprint density at radius 2 is 1.75 bits per heavy atom. The van der Waals surface area contributed by atoms with Crippen LogP contribution in [0.2, 0.25) is 0 Å². The quantitative estimate of drug-likeness (QED) is 0.487. The van der Waals surface area contributed by atoms with Crippen LogP contribution in [0, 0.1) is 0 Å². The Labute approximate surface area is 185 Å². The lowest BCUT2D eigenvalue weighted by Gasteiger charge is -2.18. The van der Waals surface area contributed by atoms with E-state index in [-0.39, 0.29) is 11.7 Å². The van der Waals surface area contributed by atoms with Crippen LogP contribution in [0.25, 0.3) is 10.9 Å². The van der Waals surface area contributed by atoms with E-state index in [1.54, 1.807) is 29.2 Å². The number of aromatic amines is 1. The number of para-hydroxylation sites is 3. The molecule has 32 heavy (non-hydrogen) atoms. The van der Waals surface area contributed by atoms with Gasteiger partial charge in [0.25, 0.3) is 5.91 Å². The van der Waals surface area contributed by atoms with Crippen LogP contribution in [0.15, 0.2) is 79.0 Å². The van der Waals surface area contributed by atoms with Crippen molar-refractivity contribution in [3.05, 3.63) is 95.7 Å². The second-order valence-electron chi connectivity index (χ2n) is 7.76. The number of hydrogen-bond donors (Lipinski definition) is 2. The molecule has 0 fully saturated rings. The maximum absolute atomic E-state index is 12.8. The van der Waals surface area contributed by atoms with Crippen LogP contribution in [0.1, 0.15) is 21.5 Å². The molecule has 0 atom stereocenters. The van der Waals surface area contributed by atoms with E-state index in [9.17, 15) is 9.59 Å².